The zero-order chi connectivity index (χ0) is 22.3. The summed E-state index contributed by atoms with van der Waals surface area (Å²) in [6.45, 7) is 5.16. The monoisotopic (exact) mass is 429 g/mol. The van der Waals surface area contributed by atoms with Crippen molar-refractivity contribution >= 4 is 35.0 Å². The summed E-state index contributed by atoms with van der Waals surface area (Å²) in [7, 11) is 0. The van der Waals surface area contributed by atoms with Gasteiger partial charge >= 0.3 is 11.9 Å². The third-order valence-corrected chi connectivity index (χ3v) is 5.47. The van der Waals surface area contributed by atoms with Crippen LogP contribution in [0.2, 0.25) is 0 Å². The minimum atomic E-state index is -1.08. The lowest BCUT2D eigenvalue weighted by molar-refractivity contribution is -0.144. The summed E-state index contributed by atoms with van der Waals surface area (Å²) in [5.41, 5.74) is 6.79. The zero-order valence-electron chi connectivity index (χ0n) is 16.5. The normalized spacial score (nSPS) is 10.3. The molecule has 0 aliphatic rings. The highest BCUT2D eigenvalue weighted by Gasteiger charge is 2.18. The minimum Gasteiger partial charge on any atom is -0.480 e. The topological polar surface area (TPSA) is 134 Å². The van der Waals surface area contributed by atoms with Gasteiger partial charge in [0.25, 0.3) is 0 Å². The smallest absolute Gasteiger partial charge is 0.353 e. The number of hydrogen-bond acceptors (Lipinski definition) is 6. The molecule has 0 radical (unpaired) electrons. The number of nitrogens with two attached hydrogens (primary N) is 1. The van der Waals surface area contributed by atoms with Crippen molar-refractivity contribution in [3.8, 4) is 5.75 Å². The number of aryl methyl sites for hydroxylation is 2. The van der Waals surface area contributed by atoms with Gasteiger partial charge in [0.05, 0.1) is 0 Å². The number of carboxylic acid groups (broad SMARTS) is 1. The number of carbonyl (C=O) groups excluding carboxylic acids is 2. The van der Waals surface area contributed by atoms with E-state index in [1.54, 1.807) is 30.3 Å². The van der Waals surface area contributed by atoms with E-state index in [0.717, 1.165) is 10.4 Å². The van der Waals surface area contributed by atoms with Crippen LogP contribution in [0.25, 0.3) is 0 Å². The number of amidine groups is 1. The third-order valence-electron chi connectivity index (χ3n) is 4.19. The Hall–Kier alpha value is -3.46. The average molecular weight is 429 g/mol. The fraction of sp³-hybridized carbons (Fsp3) is 0.238. The Bertz CT molecular complexity index is 966. The van der Waals surface area contributed by atoms with E-state index in [1.807, 2.05) is 6.92 Å². The van der Waals surface area contributed by atoms with Gasteiger partial charge in [-0.15, -0.1) is 17.9 Å². The molecule has 2 rings (SSSR count). The quantitative estimate of drug-likeness (QED) is 0.175. The molecule has 9 heteroatoms. The van der Waals surface area contributed by atoms with E-state index in [1.165, 1.54) is 22.3 Å². The first-order valence-electron chi connectivity index (χ1n) is 9.07. The van der Waals surface area contributed by atoms with Gasteiger partial charge in [-0.25, -0.2) is 4.79 Å². The van der Waals surface area contributed by atoms with Gasteiger partial charge in [0.1, 0.15) is 23.0 Å². The van der Waals surface area contributed by atoms with Gasteiger partial charge in [0.2, 0.25) is 5.91 Å². The number of nitrogen functional groups attached to an aromatic ring is 1. The molecule has 0 bridgehead atoms. The maximum atomic E-state index is 12.4. The Morgan fingerprint density at radius 1 is 1.30 bits per heavy atom. The number of esters is 1. The number of ether oxygens (including phenoxy) is 1. The molecule has 2 aromatic rings. The average Bonchev–Trinajstić information content (AvgIpc) is 3.06. The lowest BCUT2D eigenvalue weighted by atomic mass is 10.1. The predicted octanol–water partition coefficient (Wildman–Crippen LogP) is 2.59. The fourth-order valence-electron chi connectivity index (χ4n) is 2.68. The zero-order valence-corrected chi connectivity index (χ0v) is 17.3. The lowest BCUT2D eigenvalue weighted by Crippen LogP contribution is -2.35. The summed E-state index contributed by atoms with van der Waals surface area (Å²) >= 11 is 1.24. The molecular weight excluding hydrogens is 406 g/mol. The maximum Gasteiger partial charge on any atom is 0.353 e. The fourth-order valence-corrected chi connectivity index (χ4v) is 3.73. The van der Waals surface area contributed by atoms with Crippen molar-refractivity contribution in [3.63, 3.8) is 0 Å². The van der Waals surface area contributed by atoms with Crippen LogP contribution in [-0.2, 0) is 16.0 Å². The molecule has 0 saturated heterocycles. The van der Waals surface area contributed by atoms with Gasteiger partial charge in [-0.05, 0) is 49.2 Å². The highest BCUT2D eigenvalue weighted by molar-refractivity contribution is 7.14. The molecule has 0 aliphatic carbocycles. The number of carbonyl (C=O) groups is 3. The molecule has 0 spiro atoms. The first-order valence-corrected chi connectivity index (χ1v) is 9.89. The van der Waals surface area contributed by atoms with Crippen LogP contribution in [0.15, 0.2) is 43.0 Å². The van der Waals surface area contributed by atoms with Gasteiger partial charge in [-0.3, -0.25) is 15.0 Å². The SMILES string of the molecule is C=CCN(CC(=O)O)C(=O)CCc1sc(C(=O)Oc2ccc(C(=N)N)cc2)cc1C. The molecule has 1 aromatic carbocycles. The largest absolute Gasteiger partial charge is 0.480 e. The summed E-state index contributed by atoms with van der Waals surface area (Å²) in [5.74, 6) is -1.63. The first kappa shape index (κ1) is 22.8. The van der Waals surface area contributed by atoms with E-state index in [-0.39, 0.29) is 31.3 Å². The lowest BCUT2D eigenvalue weighted by Gasteiger charge is -2.18. The third kappa shape index (κ3) is 6.28. The van der Waals surface area contributed by atoms with Crippen molar-refractivity contribution in [2.24, 2.45) is 5.73 Å². The molecule has 0 aliphatic heterocycles. The van der Waals surface area contributed by atoms with Crippen molar-refractivity contribution in [1.29, 1.82) is 5.41 Å². The molecule has 8 nitrogen and oxygen atoms in total. The van der Waals surface area contributed by atoms with Crippen molar-refractivity contribution in [2.75, 3.05) is 13.1 Å². The molecule has 0 saturated carbocycles. The van der Waals surface area contributed by atoms with Crippen molar-refractivity contribution in [2.45, 2.75) is 19.8 Å². The number of rotatable bonds is 10. The Morgan fingerprint density at radius 2 is 1.97 bits per heavy atom. The number of benzene rings is 1. The Morgan fingerprint density at radius 3 is 2.53 bits per heavy atom. The summed E-state index contributed by atoms with van der Waals surface area (Å²) in [4.78, 5) is 38.1. The van der Waals surface area contributed by atoms with Crippen LogP contribution in [0, 0.1) is 12.3 Å². The Balaban J connectivity index is 2.00. The molecule has 0 unspecified atom stereocenters. The molecule has 1 heterocycles. The van der Waals surface area contributed by atoms with Gasteiger partial charge in [0, 0.05) is 23.4 Å². The Labute approximate surface area is 178 Å². The van der Waals surface area contributed by atoms with E-state index in [9.17, 15) is 14.4 Å². The number of amides is 1. The van der Waals surface area contributed by atoms with Gasteiger partial charge in [-0.2, -0.15) is 0 Å². The predicted molar refractivity (Wildman–Crippen MR) is 114 cm³/mol. The molecular formula is C21H23N3O5S. The standard InChI is InChI=1S/C21H23N3O5S/c1-3-10-24(12-19(26)27)18(25)9-8-16-13(2)11-17(30-16)21(28)29-15-6-4-14(5-7-15)20(22)23/h3-7,11H,1,8-10,12H2,2H3,(H3,22,23)(H,26,27). The number of carboxylic acids is 1. The van der Waals surface area contributed by atoms with Crippen molar-refractivity contribution in [1.82, 2.24) is 4.90 Å². The van der Waals surface area contributed by atoms with Crippen molar-refractivity contribution in [3.05, 3.63) is 63.9 Å². The second kappa shape index (κ2) is 10.4. The van der Waals surface area contributed by atoms with E-state index in [4.69, 9.17) is 21.0 Å². The summed E-state index contributed by atoms with van der Waals surface area (Å²) in [5, 5.41) is 16.3. The summed E-state index contributed by atoms with van der Waals surface area (Å²) in [6, 6.07) is 8.01. The number of hydrogen-bond donors (Lipinski definition) is 3. The van der Waals surface area contributed by atoms with Crippen LogP contribution >= 0.6 is 11.3 Å². The minimum absolute atomic E-state index is 0.0732. The number of nitrogens with zero attached hydrogens (tertiary/aromatic N) is 1. The molecule has 0 atom stereocenters. The van der Waals surface area contributed by atoms with Crippen LogP contribution in [0.5, 0.6) is 5.75 Å². The van der Waals surface area contributed by atoms with Crippen LogP contribution in [0.1, 0.15) is 32.1 Å². The summed E-state index contributed by atoms with van der Waals surface area (Å²) in [6.07, 6.45) is 2.00. The maximum absolute atomic E-state index is 12.4. The molecule has 158 valence electrons. The van der Waals surface area contributed by atoms with Gasteiger partial charge in [0.15, 0.2) is 0 Å². The number of aliphatic carboxylic acids is 1. The van der Waals surface area contributed by atoms with E-state index >= 15 is 0 Å². The van der Waals surface area contributed by atoms with Crippen LogP contribution < -0.4 is 10.5 Å². The highest BCUT2D eigenvalue weighted by atomic mass is 32.1. The second-order valence-electron chi connectivity index (χ2n) is 6.50. The molecule has 1 aromatic heterocycles. The van der Waals surface area contributed by atoms with Crippen LogP contribution in [-0.4, -0.2) is 46.8 Å². The number of nitrogens with one attached hydrogen (secondary N) is 1. The van der Waals surface area contributed by atoms with E-state index in [2.05, 4.69) is 6.58 Å². The van der Waals surface area contributed by atoms with Gasteiger partial charge < -0.3 is 20.5 Å². The van der Waals surface area contributed by atoms with Crippen LogP contribution in [0.3, 0.4) is 0 Å². The molecule has 1 amide bonds. The summed E-state index contributed by atoms with van der Waals surface area (Å²) < 4.78 is 5.35. The molecule has 4 N–H and O–H groups in total. The highest BCUT2D eigenvalue weighted by Crippen LogP contribution is 2.25. The van der Waals surface area contributed by atoms with Crippen LogP contribution in [0.4, 0.5) is 0 Å². The number of thiophene rings is 1. The Kier molecular flexibility index (Phi) is 7.88. The second-order valence-corrected chi connectivity index (χ2v) is 7.64. The van der Waals surface area contributed by atoms with E-state index < -0.39 is 11.9 Å². The molecule has 30 heavy (non-hydrogen) atoms. The molecule has 0 fully saturated rings. The van der Waals surface area contributed by atoms with Gasteiger partial charge in [-0.1, -0.05) is 6.08 Å². The van der Waals surface area contributed by atoms with Crippen molar-refractivity contribution < 1.29 is 24.2 Å². The van der Waals surface area contributed by atoms with E-state index in [0.29, 0.717) is 22.6 Å². The first-order chi connectivity index (χ1) is 14.2.